The van der Waals surface area contributed by atoms with Gasteiger partial charge in [0.25, 0.3) is 5.91 Å². The molecule has 0 bridgehead atoms. The molecule has 4 aromatic carbocycles. The molecule has 1 atom stereocenters. The molecule has 0 fully saturated rings. The van der Waals surface area contributed by atoms with Crippen molar-refractivity contribution in [2.24, 2.45) is 0 Å². The van der Waals surface area contributed by atoms with Crippen LogP contribution in [0.2, 0.25) is 0 Å². The van der Waals surface area contributed by atoms with Gasteiger partial charge in [-0.15, -0.1) is 0 Å². The Morgan fingerprint density at radius 2 is 1.58 bits per heavy atom. The summed E-state index contributed by atoms with van der Waals surface area (Å²) in [5.74, 6) is 0.998. The molecule has 4 aromatic rings. The van der Waals surface area contributed by atoms with Crippen LogP contribution in [0, 0.1) is 5.82 Å². The third kappa shape index (κ3) is 5.89. The summed E-state index contributed by atoms with van der Waals surface area (Å²) in [5.41, 5.74) is 1.85. The lowest BCUT2D eigenvalue weighted by Crippen LogP contribution is -2.37. The predicted octanol–water partition coefficient (Wildman–Crippen LogP) is 6.03. The molecule has 1 amide bonds. The number of amides is 1. The second kappa shape index (κ2) is 10.6. The number of hydrogen-bond acceptors (Lipinski definition) is 3. The minimum Gasteiger partial charge on any atom is -0.489 e. The van der Waals surface area contributed by atoms with E-state index in [4.69, 9.17) is 9.47 Å². The van der Waals surface area contributed by atoms with Gasteiger partial charge >= 0.3 is 0 Å². The molecular formula is C28H26FNO3. The van der Waals surface area contributed by atoms with Crippen molar-refractivity contribution in [1.29, 1.82) is 0 Å². The van der Waals surface area contributed by atoms with Crippen molar-refractivity contribution in [1.82, 2.24) is 5.32 Å². The molecular weight excluding hydrogens is 417 g/mol. The van der Waals surface area contributed by atoms with E-state index < -0.39 is 6.10 Å². The molecule has 33 heavy (non-hydrogen) atoms. The summed E-state index contributed by atoms with van der Waals surface area (Å²) in [6.45, 7) is 2.69. The van der Waals surface area contributed by atoms with Gasteiger partial charge in [-0.2, -0.15) is 0 Å². The van der Waals surface area contributed by atoms with Crippen LogP contribution in [0.4, 0.5) is 4.39 Å². The predicted molar refractivity (Wildman–Crippen MR) is 128 cm³/mol. The van der Waals surface area contributed by atoms with Gasteiger partial charge in [-0.3, -0.25) is 4.79 Å². The van der Waals surface area contributed by atoms with Crippen molar-refractivity contribution < 1.29 is 18.7 Å². The normalized spacial score (nSPS) is 11.7. The average molecular weight is 444 g/mol. The van der Waals surface area contributed by atoms with E-state index in [1.165, 1.54) is 12.1 Å². The molecule has 0 saturated heterocycles. The van der Waals surface area contributed by atoms with E-state index in [0.717, 1.165) is 21.9 Å². The number of fused-ring (bicyclic) bond motifs is 1. The van der Waals surface area contributed by atoms with Crippen LogP contribution in [0.15, 0.2) is 91.0 Å². The fourth-order valence-corrected chi connectivity index (χ4v) is 3.53. The van der Waals surface area contributed by atoms with Crippen molar-refractivity contribution in [3.05, 3.63) is 108 Å². The number of halogens is 1. The maximum absolute atomic E-state index is 13.0. The van der Waals surface area contributed by atoms with Crippen LogP contribution in [0.3, 0.4) is 0 Å². The molecule has 0 aromatic heterocycles. The van der Waals surface area contributed by atoms with Crippen molar-refractivity contribution in [2.75, 3.05) is 0 Å². The molecule has 4 nitrogen and oxygen atoms in total. The monoisotopic (exact) mass is 443 g/mol. The van der Waals surface area contributed by atoms with Gasteiger partial charge in [-0.25, -0.2) is 4.39 Å². The SMILES string of the molecule is CCC(Oc1cccc2ccccc12)C(=O)NCc1ccc(OCc2ccc(F)cc2)cc1. The number of nitrogens with one attached hydrogen (secondary N) is 1. The summed E-state index contributed by atoms with van der Waals surface area (Å²) in [6, 6.07) is 27.6. The van der Waals surface area contributed by atoms with Gasteiger partial charge in [0.2, 0.25) is 0 Å². The van der Waals surface area contributed by atoms with Crippen LogP contribution >= 0.6 is 0 Å². The first kappa shape index (κ1) is 22.3. The summed E-state index contributed by atoms with van der Waals surface area (Å²) in [7, 11) is 0. The molecule has 0 heterocycles. The molecule has 0 spiro atoms. The fraction of sp³-hybridized carbons (Fsp3) is 0.179. The maximum atomic E-state index is 13.0. The van der Waals surface area contributed by atoms with Crippen molar-refractivity contribution in [3.63, 3.8) is 0 Å². The smallest absolute Gasteiger partial charge is 0.261 e. The largest absolute Gasteiger partial charge is 0.489 e. The van der Waals surface area contributed by atoms with Gasteiger partial charge in [-0.1, -0.05) is 67.6 Å². The van der Waals surface area contributed by atoms with Crippen molar-refractivity contribution in [3.8, 4) is 11.5 Å². The van der Waals surface area contributed by atoms with Gasteiger partial charge in [-0.05, 0) is 53.3 Å². The van der Waals surface area contributed by atoms with Crippen LogP contribution in [-0.2, 0) is 17.9 Å². The van der Waals surface area contributed by atoms with E-state index >= 15 is 0 Å². The second-order valence-corrected chi connectivity index (χ2v) is 7.77. The van der Waals surface area contributed by atoms with Gasteiger partial charge in [0.15, 0.2) is 6.10 Å². The Balaban J connectivity index is 1.31. The molecule has 0 saturated carbocycles. The van der Waals surface area contributed by atoms with E-state index in [-0.39, 0.29) is 11.7 Å². The second-order valence-electron chi connectivity index (χ2n) is 7.77. The summed E-state index contributed by atoms with van der Waals surface area (Å²) in [6.07, 6.45) is -0.0142. The highest BCUT2D eigenvalue weighted by Gasteiger charge is 2.19. The molecule has 4 rings (SSSR count). The number of benzene rings is 4. The van der Waals surface area contributed by atoms with Gasteiger partial charge in [0.05, 0.1) is 0 Å². The fourth-order valence-electron chi connectivity index (χ4n) is 3.53. The highest BCUT2D eigenvalue weighted by molar-refractivity contribution is 5.89. The standard InChI is InChI=1S/C28H26FNO3/c1-2-26(33-27-9-5-7-22-6-3-4-8-25(22)27)28(31)30-18-20-12-16-24(17-13-20)32-19-21-10-14-23(29)15-11-21/h3-17,26H,2,18-19H2,1H3,(H,30,31). The lowest BCUT2D eigenvalue weighted by molar-refractivity contribution is -0.128. The lowest BCUT2D eigenvalue weighted by Gasteiger charge is -2.18. The van der Waals surface area contributed by atoms with Gasteiger partial charge in [0, 0.05) is 11.9 Å². The van der Waals surface area contributed by atoms with Crippen molar-refractivity contribution >= 4 is 16.7 Å². The third-order valence-corrected chi connectivity index (χ3v) is 5.39. The van der Waals surface area contributed by atoms with Crippen LogP contribution in [0.5, 0.6) is 11.5 Å². The Morgan fingerprint density at radius 3 is 2.33 bits per heavy atom. The molecule has 168 valence electrons. The Kier molecular flexibility index (Phi) is 7.20. The van der Waals surface area contributed by atoms with E-state index in [9.17, 15) is 9.18 Å². The zero-order valence-electron chi connectivity index (χ0n) is 18.5. The Labute approximate surface area is 193 Å². The summed E-state index contributed by atoms with van der Waals surface area (Å²) >= 11 is 0. The van der Waals surface area contributed by atoms with Crippen LogP contribution in [-0.4, -0.2) is 12.0 Å². The first-order valence-electron chi connectivity index (χ1n) is 11.0. The number of carbonyl (C=O) groups excluding carboxylic acids is 1. The molecule has 1 unspecified atom stereocenters. The van der Waals surface area contributed by atoms with Gasteiger partial charge < -0.3 is 14.8 Å². The number of ether oxygens (including phenoxy) is 2. The summed E-state index contributed by atoms with van der Waals surface area (Å²) in [4.78, 5) is 12.8. The molecule has 1 N–H and O–H groups in total. The molecule has 0 aliphatic heterocycles. The quantitative estimate of drug-likeness (QED) is 0.344. The zero-order valence-corrected chi connectivity index (χ0v) is 18.5. The molecule has 5 heteroatoms. The minimum atomic E-state index is -0.575. The van der Waals surface area contributed by atoms with Crippen LogP contribution in [0.25, 0.3) is 10.8 Å². The van der Waals surface area contributed by atoms with Gasteiger partial charge in [0.1, 0.15) is 23.9 Å². The first-order chi connectivity index (χ1) is 16.1. The Hall–Kier alpha value is -3.86. The summed E-state index contributed by atoms with van der Waals surface area (Å²) < 4.78 is 24.8. The lowest BCUT2D eigenvalue weighted by atomic mass is 10.1. The molecule has 0 aliphatic rings. The van der Waals surface area contributed by atoms with E-state index in [2.05, 4.69) is 5.32 Å². The summed E-state index contributed by atoms with van der Waals surface area (Å²) in [5, 5.41) is 5.02. The van der Waals surface area contributed by atoms with E-state index in [0.29, 0.717) is 31.1 Å². The Morgan fingerprint density at radius 1 is 0.879 bits per heavy atom. The molecule has 0 aliphatic carbocycles. The highest BCUT2D eigenvalue weighted by Crippen LogP contribution is 2.26. The van der Waals surface area contributed by atoms with Crippen LogP contribution < -0.4 is 14.8 Å². The third-order valence-electron chi connectivity index (χ3n) is 5.39. The van der Waals surface area contributed by atoms with Crippen molar-refractivity contribution in [2.45, 2.75) is 32.6 Å². The van der Waals surface area contributed by atoms with Crippen LogP contribution in [0.1, 0.15) is 24.5 Å². The highest BCUT2D eigenvalue weighted by atomic mass is 19.1. The number of rotatable bonds is 9. The molecule has 0 radical (unpaired) electrons. The van der Waals surface area contributed by atoms with E-state index in [1.807, 2.05) is 73.7 Å². The minimum absolute atomic E-state index is 0.151. The van der Waals surface area contributed by atoms with E-state index in [1.54, 1.807) is 12.1 Å². The Bertz CT molecular complexity index is 1200. The maximum Gasteiger partial charge on any atom is 0.261 e. The topological polar surface area (TPSA) is 47.6 Å². The number of hydrogen-bond donors (Lipinski definition) is 1. The first-order valence-corrected chi connectivity index (χ1v) is 11.0. The zero-order chi connectivity index (χ0) is 23.0. The number of carbonyl (C=O) groups is 1. The average Bonchev–Trinajstić information content (AvgIpc) is 2.86.